The fourth-order valence-electron chi connectivity index (χ4n) is 2.56. The molecule has 136 valence electrons. The SMILES string of the molecule is CCN(Cc1ccc2c(c1)OCO2)C(=O)COc1cccc([N+](=O)[O-])c1. The van der Waals surface area contributed by atoms with Crippen LogP contribution in [0, 0.1) is 10.1 Å². The number of ether oxygens (including phenoxy) is 3. The summed E-state index contributed by atoms with van der Waals surface area (Å²) in [6.45, 7) is 2.79. The molecule has 0 bridgehead atoms. The zero-order valence-electron chi connectivity index (χ0n) is 14.2. The number of amides is 1. The number of nitrogens with zero attached hydrogens (tertiary/aromatic N) is 2. The normalized spacial score (nSPS) is 11.9. The van der Waals surface area contributed by atoms with E-state index < -0.39 is 4.92 Å². The molecule has 2 aromatic rings. The van der Waals surface area contributed by atoms with Gasteiger partial charge in [-0.15, -0.1) is 0 Å². The van der Waals surface area contributed by atoms with Gasteiger partial charge in [-0.05, 0) is 30.7 Å². The van der Waals surface area contributed by atoms with E-state index in [0.29, 0.717) is 24.6 Å². The molecule has 8 nitrogen and oxygen atoms in total. The third-order valence-corrected chi connectivity index (χ3v) is 3.94. The first-order chi connectivity index (χ1) is 12.6. The van der Waals surface area contributed by atoms with Gasteiger partial charge in [0, 0.05) is 19.2 Å². The molecule has 1 heterocycles. The smallest absolute Gasteiger partial charge is 0.273 e. The lowest BCUT2D eigenvalue weighted by atomic mass is 10.2. The fourth-order valence-corrected chi connectivity index (χ4v) is 2.56. The molecule has 0 aliphatic carbocycles. The van der Waals surface area contributed by atoms with Crippen LogP contribution in [0.1, 0.15) is 12.5 Å². The first kappa shape index (κ1) is 17.5. The van der Waals surface area contributed by atoms with Crippen LogP contribution < -0.4 is 14.2 Å². The molecule has 1 aliphatic rings. The lowest BCUT2D eigenvalue weighted by Crippen LogP contribution is -2.34. The molecule has 0 N–H and O–H groups in total. The summed E-state index contributed by atoms with van der Waals surface area (Å²) in [6.07, 6.45) is 0. The van der Waals surface area contributed by atoms with Crippen LogP contribution >= 0.6 is 0 Å². The number of rotatable bonds is 7. The van der Waals surface area contributed by atoms with Gasteiger partial charge in [-0.2, -0.15) is 0 Å². The number of likely N-dealkylation sites (N-methyl/N-ethyl adjacent to an activating group) is 1. The first-order valence-electron chi connectivity index (χ1n) is 8.10. The Kier molecular flexibility index (Phi) is 5.21. The lowest BCUT2D eigenvalue weighted by molar-refractivity contribution is -0.384. The highest BCUT2D eigenvalue weighted by Crippen LogP contribution is 2.32. The molecular weight excluding hydrogens is 340 g/mol. The van der Waals surface area contributed by atoms with Crippen LogP contribution in [0.2, 0.25) is 0 Å². The van der Waals surface area contributed by atoms with Crippen LogP contribution in [0.5, 0.6) is 17.2 Å². The minimum Gasteiger partial charge on any atom is -0.484 e. The molecule has 1 aliphatic heterocycles. The van der Waals surface area contributed by atoms with E-state index in [2.05, 4.69) is 0 Å². The quantitative estimate of drug-likeness (QED) is 0.558. The van der Waals surface area contributed by atoms with Gasteiger partial charge in [0.1, 0.15) is 5.75 Å². The Morgan fingerprint density at radius 3 is 2.81 bits per heavy atom. The van der Waals surface area contributed by atoms with Crippen molar-refractivity contribution in [1.29, 1.82) is 0 Å². The summed E-state index contributed by atoms with van der Waals surface area (Å²) in [5.74, 6) is 1.43. The van der Waals surface area contributed by atoms with Crippen LogP contribution in [0.15, 0.2) is 42.5 Å². The number of nitro benzene ring substituents is 1. The minimum absolute atomic E-state index is 0.0809. The van der Waals surface area contributed by atoms with Crippen LogP contribution in [0.3, 0.4) is 0 Å². The van der Waals surface area contributed by atoms with E-state index in [1.165, 1.54) is 18.2 Å². The highest BCUT2D eigenvalue weighted by Gasteiger charge is 2.17. The van der Waals surface area contributed by atoms with E-state index in [9.17, 15) is 14.9 Å². The van der Waals surface area contributed by atoms with E-state index in [0.717, 1.165) is 5.56 Å². The molecule has 0 aromatic heterocycles. The highest BCUT2D eigenvalue weighted by atomic mass is 16.7. The molecule has 26 heavy (non-hydrogen) atoms. The second kappa shape index (κ2) is 7.73. The molecule has 0 saturated heterocycles. The number of nitro groups is 1. The van der Waals surface area contributed by atoms with Gasteiger partial charge in [-0.1, -0.05) is 12.1 Å². The van der Waals surface area contributed by atoms with Crippen molar-refractivity contribution in [3.63, 3.8) is 0 Å². The molecular formula is C18H18N2O6. The van der Waals surface area contributed by atoms with Crippen molar-refractivity contribution in [2.24, 2.45) is 0 Å². The van der Waals surface area contributed by atoms with Crippen molar-refractivity contribution in [2.45, 2.75) is 13.5 Å². The number of hydrogen-bond donors (Lipinski definition) is 0. The molecule has 8 heteroatoms. The Morgan fingerprint density at radius 1 is 1.23 bits per heavy atom. The standard InChI is InChI=1S/C18H18N2O6/c1-2-19(10-13-6-7-16-17(8-13)26-12-25-16)18(21)11-24-15-5-3-4-14(9-15)20(22)23/h3-9H,2,10-12H2,1H3. The molecule has 2 aromatic carbocycles. The van der Waals surface area contributed by atoms with Crippen LogP contribution in [-0.2, 0) is 11.3 Å². The zero-order valence-corrected chi connectivity index (χ0v) is 14.2. The summed E-state index contributed by atoms with van der Waals surface area (Å²) in [7, 11) is 0. The summed E-state index contributed by atoms with van der Waals surface area (Å²) < 4.78 is 16.0. The summed E-state index contributed by atoms with van der Waals surface area (Å²) in [5.41, 5.74) is 0.836. The largest absolute Gasteiger partial charge is 0.484 e. The Balaban J connectivity index is 1.60. The number of carbonyl (C=O) groups excluding carboxylic acids is 1. The molecule has 3 rings (SSSR count). The first-order valence-corrected chi connectivity index (χ1v) is 8.10. The number of non-ortho nitro benzene ring substituents is 1. The van der Waals surface area contributed by atoms with E-state index in [4.69, 9.17) is 14.2 Å². The Morgan fingerprint density at radius 2 is 2.04 bits per heavy atom. The Bertz CT molecular complexity index is 823. The second-order valence-corrected chi connectivity index (χ2v) is 5.64. The third kappa shape index (κ3) is 4.02. The topological polar surface area (TPSA) is 91.1 Å². The zero-order chi connectivity index (χ0) is 18.5. The van der Waals surface area contributed by atoms with E-state index in [1.54, 1.807) is 11.0 Å². The van der Waals surface area contributed by atoms with Gasteiger partial charge < -0.3 is 19.1 Å². The maximum absolute atomic E-state index is 12.4. The number of hydrogen-bond acceptors (Lipinski definition) is 6. The summed E-state index contributed by atoms with van der Waals surface area (Å²) in [4.78, 5) is 24.3. The Hall–Kier alpha value is -3.29. The minimum atomic E-state index is -0.507. The van der Waals surface area contributed by atoms with Gasteiger partial charge in [0.15, 0.2) is 18.1 Å². The molecule has 0 spiro atoms. The van der Waals surface area contributed by atoms with Crippen LogP contribution in [0.4, 0.5) is 5.69 Å². The average molecular weight is 358 g/mol. The lowest BCUT2D eigenvalue weighted by Gasteiger charge is -2.21. The van der Waals surface area contributed by atoms with Crippen LogP contribution in [0.25, 0.3) is 0 Å². The van der Waals surface area contributed by atoms with Crippen molar-refractivity contribution >= 4 is 11.6 Å². The van der Waals surface area contributed by atoms with Crippen molar-refractivity contribution < 1.29 is 23.9 Å². The predicted octanol–water partition coefficient (Wildman–Crippen LogP) is 2.75. The highest BCUT2D eigenvalue weighted by molar-refractivity contribution is 5.77. The van der Waals surface area contributed by atoms with Gasteiger partial charge in [-0.3, -0.25) is 14.9 Å². The average Bonchev–Trinajstić information content (AvgIpc) is 3.12. The summed E-state index contributed by atoms with van der Waals surface area (Å²) in [5, 5.41) is 10.8. The van der Waals surface area contributed by atoms with Gasteiger partial charge in [0.2, 0.25) is 6.79 Å². The van der Waals surface area contributed by atoms with Gasteiger partial charge in [0.05, 0.1) is 11.0 Å². The van der Waals surface area contributed by atoms with Crippen molar-refractivity contribution in [3.05, 3.63) is 58.1 Å². The maximum Gasteiger partial charge on any atom is 0.273 e. The molecule has 0 radical (unpaired) electrons. The molecule has 1 amide bonds. The monoisotopic (exact) mass is 358 g/mol. The van der Waals surface area contributed by atoms with Crippen LogP contribution in [-0.4, -0.2) is 35.7 Å². The molecule has 0 unspecified atom stereocenters. The molecule has 0 saturated carbocycles. The van der Waals surface area contributed by atoms with Crippen molar-refractivity contribution in [1.82, 2.24) is 4.90 Å². The number of carbonyl (C=O) groups is 1. The van der Waals surface area contributed by atoms with E-state index in [-0.39, 0.29) is 30.7 Å². The predicted molar refractivity (Wildman–Crippen MR) is 92.2 cm³/mol. The Labute approximate surface area is 150 Å². The van der Waals surface area contributed by atoms with E-state index >= 15 is 0 Å². The molecule has 0 fully saturated rings. The van der Waals surface area contributed by atoms with Gasteiger partial charge in [-0.25, -0.2) is 0 Å². The van der Waals surface area contributed by atoms with Crippen molar-refractivity contribution in [3.8, 4) is 17.2 Å². The number of fused-ring (bicyclic) bond motifs is 1. The van der Waals surface area contributed by atoms with E-state index in [1.807, 2.05) is 25.1 Å². The van der Waals surface area contributed by atoms with Gasteiger partial charge >= 0.3 is 0 Å². The maximum atomic E-state index is 12.4. The summed E-state index contributed by atoms with van der Waals surface area (Å²) >= 11 is 0. The fraction of sp³-hybridized carbons (Fsp3) is 0.278. The van der Waals surface area contributed by atoms with Crippen molar-refractivity contribution in [2.75, 3.05) is 19.9 Å². The third-order valence-electron chi connectivity index (χ3n) is 3.94. The summed E-state index contributed by atoms with van der Waals surface area (Å²) in [6, 6.07) is 11.3. The second-order valence-electron chi connectivity index (χ2n) is 5.64. The van der Waals surface area contributed by atoms with Gasteiger partial charge in [0.25, 0.3) is 11.6 Å². The molecule has 0 atom stereocenters. The number of benzene rings is 2.